The zero-order valence-corrected chi connectivity index (χ0v) is 23.5. The van der Waals surface area contributed by atoms with Crippen molar-refractivity contribution in [2.45, 2.75) is 31.6 Å². The van der Waals surface area contributed by atoms with Crippen molar-refractivity contribution in [1.29, 1.82) is 0 Å². The highest BCUT2D eigenvalue weighted by Gasteiger charge is 2.31. The van der Waals surface area contributed by atoms with Crippen LogP contribution in [0.4, 0.5) is 5.69 Å². The van der Waals surface area contributed by atoms with Gasteiger partial charge >= 0.3 is 0 Å². The Balaban J connectivity index is 1.32. The monoisotopic (exact) mass is 569 g/mol. The molecular formula is C28H28ClN3O4S2. The van der Waals surface area contributed by atoms with Gasteiger partial charge in [-0.2, -0.15) is 4.31 Å². The molecular weight excluding hydrogens is 542 g/mol. The minimum atomic E-state index is -3.80. The summed E-state index contributed by atoms with van der Waals surface area (Å²) in [5.74, 6) is 0.681. The third-order valence-corrected chi connectivity index (χ3v) is 9.91. The summed E-state index contributed by atoms with van der Waals surface area (Å²) in [6, 6.07) is 17.6. The van der Waals surface area contributed by atoms with Crippen LogP contribution in [0.5, 0.6) is 5.75 Å². The van der Waals surface area contributed by atoms with E-state index in [2.05, 4.69) is 5.32 Å². The molecule has 1 aliphatic rings. The summed E-state index contributed by atoms with van der Waals surface area (Å²) >= 11 is 7.85. The number of halogens is 1. The van der Waals surface area contributed by atoms with Crippen LogP contribution in [0.15, 0.2) is 65.6 Å². The number of rotatable bonds is 7. The van der Waals surface area contributed by atoms with Gasteiger partial charge < -0.3 is 10.1 Å². The van der Waals surface area contributed by atoms with Gasteiger partial charge in [-0.15, -0.1) is 11.3 Å². The van der Waals surface area contributed by atoms with E-state index in [1.165, 1.54) is 22.5 Å². The molecule has 5 rings (SSSR count). The molecule has 38 heavy (non-hydrogen) atoms. The van der Waals surface area contributed by atoms with Crippen molar-refractivity contribution in [3.8, 4) is 16.3 Å². The number of sulfonamides is 1. The molecule has 198 valence electrons. The van der Waals surface area contributed by atoms with E-state index in [4.69, 9.17) is 21.3 Å². The highest BCUT2D eigenvalue weighted by atomic mass is 35.5. The molecule has 4 aromatic rings. The lowest BCUT2D eigenvalue weighted by Crippen LogP contribution is -2.39. The predicted molar refractivity (Wildman–Crippen MR) is 153 cm³/mol. The van der Waals surface area contributed by atoms with Crippen molar-refractivity contribution in [2.75, 3.05) is 25.0 Å². The van der Waals surface area contributed by atoms with Crippen molar-refractivity contribution in [1.82, 2.24) is 9.29 Å². The van der Waals surface area contributed by atoms with Crippen molar-refractivity contribution in [3.63, 3.8) is 0 Å². The minimum absolute atomic E-state index is 0.0420. The van der Waals surface area contributed by atoms with Crippen LogP contribution in [0.25, 0.3) is 20.8 Å². The molecule has 1 fully saturated rings. The molecule has 1 N–H and O–H groups in total. The quantitative estimate of drug-likeness (QED) is 0.268. The zero-order chi connectivity index (χ0) is 26.9. The van der Waals surface area contributed by atoms with Crippen LogP contribution in [0.3, 0.4) is 0 Å². The number of nitrogens with one attached hydrogen (secondary N) is 1. The van der Waals surface area contributed by atoms with Gasteiger partial charge in [0.25, 0.3) is 5.91 Å². The number of nitrogens with zero attached hydrogens (tertiary/aromatic N) is 2. The lowest BCUT2D eigenvalue weighted by atomic mass is 10.0. The van der Waals surface area contributed by atoms with E-state index < -0.39 is 15.9 Å². The van der Waals surface area contributed by atoms with E-state index in [0.717, 1.165) is 39.4 Å². The fourth-order valence-corrected chi connectivity index (χ4v) is 7.63. The molecule has 1 aromatic heterocycles. The number of fused-ring (bicyclic) bond motifs is 1. The summed E-state index contributed by atoms with van der Waals surface area (Å²) < 4.78 is 34.6. The highest BCUT2D eigenvalue weighted by Crippen LogP contribution is 2.33. The van der Waals surface area contributed by atoms with Crippen LogP contribution < -0.4 is 10.1 Å². The second-order valence-corrected chi connectivity index (χ2v) is 12.7. The summed E-state index contributed by atoms with van der Waals surface area (Å²) in [6.45, 7) is 5.49. The number of carbonyl (C=O) groups excluding carboxylic acids is 1. The largest absolute Gasteiger partial charge is 0.494 e. The molecule has 0 aliphatic carbocycles. The topological polar surface area (TPSA) is 88.6 Å². The molecule has 0 saturated carbocycles. The Bertz CT molecular complexity index is 1590. The van der Waals surface area contributed by atoms with E-state index in [0.29, 0.717) is 25.4 Å². The Kier molecular flexibility index (Phi) is 7.72. The number of hydrogen-bond acceptors (Lipinski definition) is 6. The van der Waals surface area contributed by atoms with Crippen LogP contribution in [0.2, 0.25) is 5.02 Å². The summed E-state index contributed by atoms with van der Waals surface area (Å²) in [5.41, 5.74) is 2.64. The minimum Gasteiger partial charge on any atom is -0.494 e. The number of carbonyl (C=O) groups is 1. The maximum absolute atomic E-state index is 13.3. The van der Waals surface area contributed by atoms with Crippen LogP contribution in [-0.2, 0) is 10.0 Å². The van der Waals surface area contributed by atoms with Crippen molar-refractivity contribution in [3.05, 3.63) is 71.2 Å². The Labute approximate surface area is 231 Å². The van der Waals surface area contributed by atoms with Gasteiger partial charge in [0.05, 0.1) is 21.8 Å². The number of ether oxygens (including phenoxy) is 1. The summed E-state index contributed by atoms with van der Waals surface area (Å²) in [5, 5.41) is 3.82. The molecule has 0 spiro atoms. The molecule has 0 bridgehead atoms. The zero-order valence-electron chi connectivity index (χ0n) is 21.1. The first-order valence-corrected chi connectivity index (χ1v) is 15.1. The van der Waals surface area contributed by atoms with E-state index in [-0.39, 0.29) is 21.4 Å². The van der Waals surface area contributed by atoms with E-state index in [1.807, 2.05) is 44.2 Å². The summed E-state index contributed by atoms with van der Waals surface area (Å²) in [7, 11) is -3.80. The number of anilines is 1. The lowest BCUT2D eigenvalue weighted by molar-refractivity contribution is 0.102. The van der Waals surface area contributed by atoms with E-state index >= 15 is 0 Å². The van der Waals surface area contributed by atoms with E-state index in [9.17, 15) is 13.2 Å². The van der Waals surface area contributed by atoms with Crippen LogP contribution >= 0.6 is 22.9 Å². The maximum atomic E-state index is 13.3. The van der Waals surface area contributed by atoms with Gasteiger partial charge in [-0.05, 0) is 86.3 Å². The molecule has 1 saturated heterocycles. The fourth-order valence-electron chi connectivity index (χ4n) is 4.53. The predicted octanol–water partition coefficient (Wildman–Crippen LogP) is 6.69. The number of benzene rings is 3. The van der Waals surface area contributed by atoms with E-state index in [1.54, 1.807) is 23.5 Å². The maximum Gasteiger partial charge on any atom is 0.255 e. The second-order valence-electron chi connectivity index (χ2n) is 9.37. The summed E-state index contributed by atoms with van der Waals surface area (Å²) in [6.07, 6.45) is 1.80. The van der Waals surface area contributed by atoms with Crippen LogP contribution in [-0.4, -0.2) is 43.3 Å². The Hall–Kier alpha value is -2.98. The van der Waals surface area contributed by atoms with Crippen molar-refractivity contribution < 1.29 is 17.9 Å². The van der Waals surface area contributed by atoms with Gasteiger partial charge in [0, 0.05) is 29.9 Å². The average molecular weight is 570 g/mol. The lowest BCUT2D eigenvalue weighted by Gasteiger charge is -2.30. The van der Waals surface area contributed by atoms with Gasteiger partial charge in [0.1, 0.15) is 15.7 Å². The smallest absolute Gasteiger partial charge is 0.255 e. The van der Waals surface area contributed by atoms with Crippen LogP contribution in [0, 0.1) is 5.92 Å². The third kappa shape index (κ3) is 5.56. The SMILES string of the molecule is CCOc1ccc2nc(-c3ccc(NC(=O)c4ccc(Cl)c(S(=O)(=O)N5CCC[C@@H](C)C5)c4)cc3)sc2c1. The molecule has 1 amide bonds. The van der Waals surface area contributed by atoms with Gasteiger partial charge in [-0.3, -0.25) is 4.79 Å². The normalized spacial score (nSPS) is 16.4. The molecule has 0 unspecified atom stereocenters. The molecule has 1 aliphatic heterocycles. The fraction of sp³-hybridized carbons (Fsp3) is 0.286. The molecule has 1 atom stereocenters. The third-order valence-electron chi connectivity index (χ3n) is 6.49. The van der Waals surface area contributed by atoms with Gasteiger partial charge in [0.15, 0.2) is 0 Å². The van der Waals surface area contributed by atoms with Gasteiger partial charge in [-0.25, -0.2) is 13.4 Å². The highest BCUT2D eigenvalue weighted by molar-refractivity contribution is 7.89. The van der Waals surface area contributed by atoms with Crippen molar-refractivity contribution >= 4 is 54.8 Å². The molecule has 3 aromatic carbocycles. The molecule has 10 heteroatoms. The number of piperidine rings is 1. The second kappa shape index (κ2) is 11.0. The number of aromatic nitrogens is 1. The number of amides is 1. The van der Waals surface area contributed by atoms with Gasteiger partial charge in [-0.1, -0.05) is 18.5 Å². The molecule has 7 nitrogen and oxygen atoms in total. The summed E-state index contributed by atoms with van der Waals surface area (Å²) in [4.78, 5) is 17.7. The number of hydrogen-bond donors (Lipinski definition) is 1. The first kappa shape index (κ1) is 26.6. The Morgan fingerprint density at radius 1 is 1.16 bits per heavy atom. The number of thiazole rings is 1. The standard InChI is InChI=1S/C28H28ClN3O4S2/c1-3-36-22-11-13-24-25(16-22)37-28(31-24)19-6-9-21(10-7-19)30-27(33)20-8-12-23(29)26(15-20)38(34,35)32-14-4-5-18(2)17-32/h6-13,15-16,18H,3-5,14,17H2,1-2H3,(H,30,33)/t18-/m1/s1. The molecule has 2 heterocycles. The molecule has 0 radical (unpaired) electrons. The first-order chi connectivity index (χ1) is 18.2. The van der Waals surface area contributed by atoms with Crippen molar-refractivity contribution in [2.24, 2.45) is 5.92 Å². The van der Waals surface area contributed by atoms with Gasteiger partial charge in [0.2, 0.25) is 10.0 Å². The Morgan fingerprint density at radius 2 is 1.95 bits per heavy atom. The average Bonchev–Trinajstić information content (AvgIpc) is 3.33. The first-order valence-electron chi connectivity index (χ1n) is 12.5. The van der Waals surface area contributed by atoms with Crippen LogP contribution in [0.1, 0.15) is 37.0 Å². The Morgan fingerprint density at radius 3 is 2.68 bits per heavy atom.